The summed E-state index contributed by atoms with van der Waals surface area (Å²) < 4.78 is 1.96. The molecule has 1 aromatic heterocycles. The average molecular weight is 475 g/mol. The Labute approximate surface area is 206 Å². The number of benzene rings is 2. The number of carbonyl (C=O) groups excluding carboxylic acids is 1. The van der Waals surface area contributed by atoms with E-state index >= 15 is 0 Å². The molecule has 4 rings (SSSR count). The third kappa shape index (κ3) is 6.10. The van der Waals surface area contributed by atoms with Crippen LogP contribution in [0.3, 0.4) is 0 Å². The number of hydrogen-bond acceptors (Lipinski definition) is 4. The van der Waals surface area contributed by atoms with Gasteiger partial charge in [0.05, 0.1) is 23.8 Å². The van der Waals surface area contributed by atoms with Crippen LogP contribution < -0.4 is 5.32 Å². The van der Waals surface area contributed by atoms with E-state index in [4.69, 9.17) is 10.2 Å². The molecule has 1 aliphatic rings. The Kier molecular flexibility index (Phi) is 7.85. The lowest BCUT2D eigenvalue weighted by molar-refractivity contribution is -0.137. The van der Waals surface area contributed by atoms with Crippen LogP contribution in [0.2, 0.25) is 0 Å². The van der Waals surface area contributed by atoms with Crippen molar-refractivity contribution in [3.63, 3.8) is 0 Å². The van der Waals surface area contributed by atoms with Gasteiger partial charge in [-0.2, -0.15) is 5.10 Å². The largest absolute Gasteiger partial charge is 0.481 e. The van der Waals surface area contributed by atoms with E-state index in [0.717, 1.165) is 17.1 Å². The standard InChI is InChI=1S/C28H34N4O3/c1-20-25(19-32(30-20)24-11-7-4-8-12-24)27(21-9-5-3-6-10-21)29-23-15-13-22(14-16-23)28(35)31(2)18-17-26(33)34/h4,7-8,11-16,19,21,27,29H,3,5-6,9-10,17-18H2,1-2H3,(H,33,34). The van der Waals surface area contributed by atoms with Gasteiger partial charge in [0.15, 0.2) is 0 Å². The number of hydrogen-bond donors (Lipinski definition) is 2. The maximum Gasteiger partial charge on any atom is 0.305 e. The first kappa shape index (κ1) is 24.5. The molecule has 0 spiro atoms. The van der Waals surface area contributed by atoms with Gasteiger partial charge in [0, 0.05) is 36.6 Å². The molecule has 0 saturated heterocycles. The summed E-state index contributed by atoms with van der Waals surface area (Å²) in [5.74, 6) is -0.579. The van der Waals surface area contributed by atoms with Crippen molar-refractivity contribution in [2.75, 3.05) is 18.9 Å². The van der Waals surface area contributed by atoms with Gasteiger partial charge in [-0.25, -0.2) is 4.68 Å². The number of aryl methyl sites for hydroxylation is 1. The molecule has 1 saturated carbocycles. The summed E-state index contributed by atoms with van der Waals surface area (Å²) in [4.78, 5) is 24.9. The molecule has 1 heterocycles. The molecule has 2 N–H and O–H groups in total. The van der Waals surface area contributed by atoms with Gasteiger partial charge in [-0.3, -0.25) is 9.59 Å². The number of carbonyl (C=O) groups is 2. The van der Waals surface area contributed by atoms with Crippen LogP contribution in [0.25, 0.3) is 5.69 Å². The quantitative estimate of drug-likeness (QED) is 0.430. The maximum atomic E-state index is 12.6. The molecule has 1 fully saturated rings. The molecule has 1 aliphatic carbocycles. The van der Waals surface area contributed by atoms with Gasteiger partial charge in [-0.1, -0.05) is 37.5 Å². The van der Waals surface area contributed by atoms with Crippen molar-refractivity contribution in [3.05, 3.63) is 77.6 Å². The fourth-order valence-electron chi connectivity index (χ4n) is 4.88. The van der Waals surface area contributed by atoms with E-state index in [9.17, 15) is 9.59 Å². The van der Waals surface area contributed by atoms with Gasteiger partial charge in [0.1, 0.15) is 0 Å². The highest BCUT2D eigenvalue weighted by Gasteiger charge is 2.28. The minimum absolute atomic E-state index is 0.0685. The minimum Gasteiger partial charge on any atom is -0.481 e. The van der Waals surface area contributed by atoms with Crippen LogP contribution in [-0.2, 0) is 4.79 Å². The van der Waals surface area contributed by atoms with E-state index in [0.29, 0.717) is 11.5 Å². The number of rotatable bonds is 9. The number of para-hydroxylation sites is 1. The van der Waals surface area contributed by atoms with Crippen molar-refractivity contribution in [1.82, 2.24) is 14.7 Å². The Morgan fingerprint density at radius 2 is 1.77 bits per heavy atom. The van der Waals surface area contributed by atoms with Crippen molar-refractivity contribution in [2.24, 2.45) is 5.92 Å². The van der Waals surface area contributed by atoms with Crippen molar-refractivity contribution < 1.29 is 14.7 Å². The SMILES string of the molecule is Cc1nn(-c2ccccc2)cc1C(Nc1ccc(C(=O)N(C)CCC(=O)O)cc1)C1CCCCC1. The molecule has 3 aromatic rings. The maximum absolute atomic E-state index is 12.6. The van der Waals surface area contributed by atoms with Crippen LogP contribution in [-0.4, -0.2) is 45.3 Å². The Morgan fingerprint density at radius 3 is 2.43 bits per heavy atom. The third-order valence-electron chi connectivity index (χ3n) is 6.88. The molecule has 0 bridgehead atoms. The van der Waals surface area contributed by atoms with Crippen molar-refractivity contribution in [2.45, 2.75) is 51.5 Å². The minimum atomic E-state index is -0.913. The first-order chi connectivity index (χ1) is 16.9. The molecule has 184 valence electrons. The predicted octanol–water partition coefficient (Wildman–Crippen LogP) is 5.46. The van der Waals surface area contributed by atoms with Gasteiger partial charge in [0.25, 0.3) is 5.91 Å². The number of aliphatic carboxylic acids is 1. The second-order valence-corrected chi connectivity index (χ2v) is 9.42. The highest BCUT2D eigenvalue weighted by molar-refractivity contribution is 5.94. The van der Waals surface area contributed by atoms with Crippen molar-refractivity contribution in [3.8, 4) is 5.69 Å². The molecule has 1 atom stereocenters. The summed E-state index contributed by atoms with van der Waals surface area (Å²) in [7, 11) is 1.63. The Balaban J connectivity index is 1.54. The summed E-state index contributed by atoms with van der Waals surface area (Å²) in [6.07, 6.45) is 8.21. The second-order valence-electron chi connectivity index (χ2n) is 9.42. The van der Waals surface area contributed by atoms with Gasteiger partial charge < -0.3 is 15.3 Å². The smallest absolute Gasteiger partial charge is 0.305 e. The summed E-state index contributed by atoms with van der Waals surface area (Å²) >= 11 is 0. The van der Waals surface area contributed by atoms with Crippen LogP contribution in [0.4, 0.5) is 5.69 Å². The molecule has 0 radical (unpaired) electrons. The topological polar surface area (TPSA) is 87.5 Å². The van der Waals surface area contributed by atoms with Crippen LogP contribution in [0.5, 0.6) is 0 Å². The second kappa shape index (κ2) is 11.2. The monoisotopic (exact) mass is 474 g/mol. The van der Waals surface area contributed by atoms with E-state index in [2.05, 4.69) is 30.6 Å². The summed E-state index contributed by atoms with van der Waals surface area (Å²) in [5, 5.41) is 17.4. The summed E-state index contributed by atoms with van der Waals surface area (Å²) in [6.45, 7) is 2.25. The fourth-order valence-corrected chi connectivity index (χ4v) is 4.88. The Hall–Kier alpha value is -3.61. The zero-order valence-electron chi connectivity index (χ0n) is 20.5. The van der Waals surface area contributed by atoms with Crippen molar-refractivity contribution in [1.29, 1.82) is 0 Å². The molecule has 7 heteroatoms. The third-order valence-corrected chi connectivity index (χ3v) is 6.88. The summed E-state index contributed by atoms with van der Waals surface area (Å²) in [5.41, 5.74) is 4.76. The number of anilines is 1. The number of amides is 1. The van der Waals surface area contributed by atoms with E-state index in [-0.39, 0.29) is 24.9 Å². The zero-order chi connectivity index (χ0) is 24.8. The average Bonchev–Trinajstić information content (AvgIpc) is 3.28. The van der Waals surface area contributed by atoms with E-state index in [1.165, 1.54) is 42.6 Å². The molecule has 2 aromatic carbocycles. The molecule has 35 heavy (non-hydrogen) atoms. The van der Waals surface area contributed by atoms with Crippen LogP contribution in [0, 0.1) is 12.8 Å². The van der Waals surface area contributed by atoms with Crippen LogP contribution in [0.15, 0.2) is 60.8 Å². The molecule has 0 aliphatic heterocycles. The van der Waals surface area contributed by atoms with Crippen molar-refractivity contribution >= 4 is 17.6 Å². The lowest BCUT2D eigenvalue weighted by Crippen LogP contribution is -2.29. The number of carboxylic acids is 1. The summed E-state index contributed by atoms with van der Waals surface area (Å²) in [6, 6.07) is 17.8. The van der Waals surface area contributed by atoms with Crippen LogP contribution in [0.1, 0.15) is 66.2 Å². The predicted molar refractivity (Wildman–Crippen MR) is 137 cm³/mol. The Morgan fingerprint density at radius 1 is 1.09 bits per heavy atom. The molecule has 7 nitrogen and oxygen atoms in total. The van der Waals surface area contributed by atoms with E-state index in [1.54, 1.807) is 19.2 Å². The first-order valence-corrected chi connectivity index (χ1v) is 12.4. The molecule has 1 unspecified atom stereocenters. The van der Waals surface area contributed by atoms with Crippen LogP contribution >= 0.6 is 0 Å². The molecular formula is C28H34N4O3. The Bertz CT molecular complexity index is 1130. The first-order valence-electron chi connectivity index (χ1n) is 12.4. The normalized spacial score (nSPS) is 14.9. The molecule has 1 amide bonds. The number of nitrogens with one attached hydrogen (secondary N) is 1. The lowest BCUT2D eigenvalue weighted by Gasteiger charge is -2.31. The molecular weight excluding hydrogens is 440 g/mol. The highest BCUT2D eigenvalue weighted by Crippen LogP contribution is 2.38. The van der Waals surface area contributed by atoms with Gasteiger partial charge in [-0.05, 0) is 62.1 Å². The lowest BCUT2D eigenvalue weighted by atomic mass is 9.81. The number of nitrogens with zero attached hydrogens (tertiary/aromatic N) is 3. The number of carboxylic acid groups (broad SMARTS) is 1. The van der Waals surface area contributed by atoms with Gasteiger partial charge in [0.2, 0.25) is 0 Å². The van der Waals surface area contributed by atoms with Gasteiger partial charge >= 0.3 is 5.97 Å². The zero-order valence-corrected chi connectivity index (χ0v) is 20.5. The van der Waals surface area contributed by atoms with E-state index < -0.39 is 5.97 Å². The highest BCUT2D eigenvalue weighted by atomic mass is 16.4. The van der Waals surface area contributed by atoms with E-state index in [1.807, 2.05) is 35.0 Å². The number of aromatic nitrogens is 2. The fraction of sp³-hybridized carbons (Fsp3) is 0.393. The van der Waals surface area contributed by atoms with Gasteiger partial charge in [-0.15, -0.1) is 0 Å².